The van der Waals surface area contributed by atoms with E-state index in [1.165, 1.54) is 11.8 Å². The number of nitrogens with zero attached hydrogens (tertiary/aromatic N) is 4. The Kier molecular flexibility index (Phi) is 6.54. The fourth-order valence-corrected chi connectivity index (χ4v) is 3.09. The first-order valence-electron chi connectivity index (χ1n) is 8.05. The first-order chi connectivity index (χ1) is 11.9. The summed E-state index contributed by atoms with van der Waals surface area (Å²) in [6.45, 7) is 4.47. The summed E-state index contributed by atoms with van der Waals surface area (Å²) in [5.74, 6) is 0.0807. The van der Waals surface area contributed by atoms with E-state index in [0.29, 0.717) is 24.9 Å². The Bertz CT molecular complexity index is 773. The Morgan fingerprint density at radius 2 is 1.80 bits per heavy atom. The van der Waals surface area contributed by atoms with Crippen molar-refractivity contribution in [2.45, 2.75) is 38.4 Å². The first-order valence-corrected chi connectivity index (χ1v) is 9.28. The molecule has 2 rings (SSSR count). The maximum absolute atomic E-state index is 12.4. The summed E-state index contributed by atoms with van der Waals surface area (Å²) in [6.07, 6.45) is 3.02. The van der Waals surface area contributed by atoms with Crippen LogP contribution in [0.2, 0.25) is 0 Å². The van der Waals surface area contributed by atoms with Gasteiger partial charge >= 0.3 is 0 Å². The van der Waals surface area contributed by atoms with E-state index in [-0.39, 0.29) is 5.91 Å². The molecule has 1 amide bonds. The largest absolute Gasteiger partial charge is 0.341 e. The molecule has 25 heavy (non-hydrogen) atoms. The Morgan fingerprint density at radius 1 is 1.20 bits per heavy atom. The van der Waals surface area contributed by atoms with Gasteiger partial charge in [0.1, 0.15) is 0 Å². The van der Waals surface area contributed by atoms with Gasteiger partial charge in [0.2, 0.25) is 5.91 Å². The molecular weight excluding hydrogens is 332 g/mol. The summed E-state index contributed by atoms with van der Waals surface area (Å²) in [7, 11) is 1.80. The van der Waals surface area contributed by atoms with E-state index in [1.807, 2.05) is 32.2 Å². The van der Waals surface area contributed by atoms with Crippen LogP contribution in [0.4, 0.5) is 0 Å². The van der Waals surface area contributed by atoms with E-state index >= 15 is 0 Å². The molecule has 0 aliphatic heterocycles. The lowest BCUT2D eigenvalue weighted by molar-refractivity contribution is -0.130. The van der Waals surface area contributed by atoms with Crippen LogP contribution in [0, 0.1) is 25.2 Å². The quantitative estimate of drug-likeness (QED) is 0.588. The van der Waals surface area contributed by atoms with E-state index in [2.05, 4.69) is 16.0 Å². The molecule has 1 aromatic carbocycles. The Morgan fingerprint density at radius 3 is 2.32 bits per heavy atom. The van der Waals surface area contributed by atoms with Gasteiger partial charge in [0.05, 0.1) is 11.6 Å². The molecule has 0 fully saturated rings. The van der Waals surface area contributed by atoms with Gasteiger partial charge in [-0.2, -0.15) is 5.26 Å². The van der Waals surface area contributed by atoms with Crippen LogP contribution < -0.4 is 0 Å². The molecule has 0 bridgehead atoms. The smallest absolute Gasteiger partial charge is 0.222 e. The fourth-order valence-electron chi connectivity index (χ4n) is 2.63. The van der Waals surface area contributed by atoms with Crippen LogP contribution in [-0.4, -0.2) is 34.1 Å². The molecule has 0 radical (unpaired) electrons. The molecule has 0 aliphatic rings. The second kappa shape index (κ2) is 8.63. The number of amides is 1. The summed E-state index contributed by atoms with van der Waals surface area (Å²) in [5.41, 5.74) is 4.57. The van der Waals surface area contributed by atoms with Crippen LogP contribution >= 0.6 is 11.8 Å². The van der Waals surface area contributed by atoms with Gasteiger partial charge in [-0.15, -0.1) is 0 Å². The number of aromatic nitrogens is 2. The number of rotatable bonds is 6. The van der Waals surface area contributed by atoms with Crippen molar-refractivity contribution in [1.82, 2.24) is 14.9 Å². The molecule has 0 atom stereocenters. The van der Waals surface area contributed by atoms with Gasteiger partial charge in [-0.3, -0.25) is 4.79 Å². The Labute approximate surface area is 153 Å². The van der Waals surface area contributed by atoms with Crippen molar-refractivity contribution in [2.24, 2.45) is 0 Å². The maximum atomic E-state index is 12.4. The molecule has 2 aromatic rings. The monoisotopic (exact) mass is 354 g/mol. The number of benzene rings is 1. The lowest BCUT2D eigenvalue weighted by Crippen LogP contribution is -2.26. The van der Waals surface area contributed by atoms with E-state index < -0.39 is 0 Å². The highest BCUT2D eigenvalue weighted by Gasteiger charge is 2.13. The highest BCUT2D eigenvalue weighted by molar-refractivity contribution is 7.98. The summed E-state index contributed by atoms with van der Waals surface area (Å²) in [5, 5.41) is 9.60. The second-order valence-corrected chi connectivity index (χ2v) is 6.69. The van der Waals surface area contributed by atoms with E-state index in [9.17, 15) is 4.79 Å². The molecular formula is C19H22N4OS. The lowest BCUT2D eigenvalue weighted by Gasteiger charge is -2.18. The molecule has 0 aliphatic carbocycles. The topological polar surface area (TPSA) is 69.9 Å². The zero-order valence-electron chi connectivity index (χ0n) is 15.0. The van der Waals surface area contributed by atoms with Gasteiger partial charge in [-0.1, -0.05) is 23.9 Å². The molecule has 0 unspecified atom stereocenters. The standard InChI is InChI=1S/C19H22N4OS/c1-13-17(14(2)22-19(21-13)25-4)9-10-18(24)23(3)12-16-7-5-15(11-20)6-8-16/h5-8H,9-10,12H2,1-4H3. The third-order valence-electron chi connectivity index (χ3n) is 4.10. The number of carbonyl (C=O) groups excluding carboxylic acids is 1. The van der Waals surface area contributed by atoms with Crippen molar-refractivity contribution in [3.63, 3.8) is 0 Å². The third kappa shape index (κ3) is 5.04. The predicted molar refractivity (Wildman–Crippen MR) is 99.2 cm³/mol. The predicted octanol–water partition coefficient (Wildman–Crippen LogP) is 3.28. The van der Waals surface area contributed by atoms with Gasteiger partial charge in [0.15, 0.2) is 5.16 Å². The van der Waals surface area contributed by atoms with Crippen molar-refractivity contribution in [1.29, 1.82) is 5.26 Å². The van der Waals surface area contributed by atoms with Crippen LogP contribution in [0.15, 0.2) is 29.4 Å². The van der Waals surface area contributed by atoms with Gasteiger partial charge in [-0.05, 0) is 49.8 Å². The summed E-state index contributed by atoms with van der Waals surface area (Å²) >= 11 is 1.52. The summed E-state index contributed by atoms with van der Waals surface area (Å²) < 4.78 is 0. The SMILES string of the molecule is CSc1nc(C)c(CCC(=O)N(C)Cc2ccc(C#N)cc2)c(C)n1. The molecule has 5 nitrogen and oxygen atoms in total. The number of thioether (sulfide) groups is 1. The van der Waals surface area contributed by atoms with Crippen LogP contribution in [0.5, 0.6) is 0 Å². The first kappa shape index (κ1) is 18.9. The van der Waals surface area contributed by atoms with Gasteiger partial charge < -0.3 is 4.90 Å². The Hall–Kier alpha value is -2.39. The number of hydrogen-bond acceptors (Lipinski definition) is 5. The van der Waals surface area contributed by atoms with Crippen molar-refractivity contribution in [3.8, 4) is 6.07 Å². The number of hydrogen-bond donors (Lipinski definition) is 0. The van der Waals surface area contributed by atoms with Crippen molar-refractivity contribution >= 4 is 17.7 Å². The molecule has 0 saturated heterocycles. The highest BCUT2D eigenvalue weighted by Crippen LogP contribution is 2.17. The Balaban J connectivity index is 1.96. The highest BCUT2D eigenvalue weighted by atomic mass is 32.2. The van der Waals surface area contributed by atoms with Crippen LogP contribution in [0.1, 0.15) is 34.5 Å². The molecule has 0 saturated carbocycles. The minimum absolute atomic E-state index is 0.0807. The minimum Gasteiger partial charge on any atom is -0.341 e. The fraction of sp³-hybridized carbons (Fsp3) is 0.368. The molecule has 1 aromatic heterocycles. The van der Waals surface area contributed by atoms with Crippen molar-refractivity contribution in [3.05, 3.63) is 52.3 Å². The number of nitriles is 1. The number of aryl methyl sites for hydroxylation is 2. The summed E-state index contributed by atoms with van der Waals surface area (Å²) in [4.78, 5) is 23.0. The third-order valence-corrected chi connectivity index (χ3v) is 4.65. The van der Waals surface area contributed by atoms with Crippen molar-refractivity contribution < 1.29 is 4.79 Å². The van der Waals surface area contributed by atoms with Crippen LogP contribution in [0.3, 0.4) is 0 Å². The second-order valence-electron chi connectivity index (χ2n) is 5.92. The van der Waals surface area contributed by atoms with Crippen LogP contribution in [0.25, 0.3) is 0 Å². The summed E-state index contributed by atoms with van der Waals surface area (Å²) in [6, 6.07) is 9.39. The van der Waals surface area contributed by atoms with Crippen molar-refractivity contribution in [2.75, 3.05) is 13.3 Å². The average Bonchev–Trinajstić information content (AvgIpc) is 2.61. The normalized spacial score (nSPS) is 10.4. The maximum Gasteiger partial charge on any atom is 0.222 e. The van der Waals surface area contributed by atoms with E-state index in [4.69, 9.17) is 5.26 Å². The molecule has 0 spiro atoms. The molecule has 1 heterocycles. The molecule has 0 N–H and O–H groups in total. The minimum atomic E-state index is 0.0807. The zero-order valence-corrected chi connectivity index (χ0v) is 15.9. The van der Waals surface area contributed by atoms with E-state index in [1.54, 1.807) is 24.1 Å². The molecule has 130 valence electrons. The van der Waals surface area contributed by atoms with Gasteiger partial charge in [-0.25, -0.2) is 9.97 Å². The van der Waals surface area contributed by atoms with Crippen LogP contribution in [-0.2, 0) is 17.8 Å². The van der Waals surface area contributed by atoms with Gasteiger partial charge in [0.25, 0.3) is 0 Å². The average molecular weight is 354 g/mol. The number of carbonyl (C=O) groups is 1. The lowest BCUT2D eigenvalue weighted by atomic mass is 10.1. The molecule has 6 heteroatoms. The van der Waals surface area contributed by atoms with E-state index in [0.717, 1.165) is 27.7 Å². The van der Waals surface area contributed by atoms with Gasteiger partial charge in [0, 0.05) is 31.4 Å². The zero-order chi connectivity index (χ0) is 18.4.